The van der Waals surface area contributed by atoms with Crippen molar-refractivity contribution < 1.29 is 5.11 Å². The van der Waals surface area contributed by atoms with E-state index in [9.17, 15) is 5.11 Å². The molecule has 2 aliphatic rings. The molecule has 24 heavy (non-hydrogen) atoms. The van der Waals surface area contributed by atoms with Crippen LogP contribution in [-0.4, -0.2) is 61.8 Å². The largest absolute Gasteiger partial charge is 0.387 e. The highest BCUT2D eigenvalue weighted by molar-refractivity contribution is 5.40. The van der Waals surface area contributed by atoms with Crippen LogP contribution in [0.3, 0.4) is 0 Å². The Kier molecular flexibility index (Phi) is 4.20. The summed E-state index contributed by atoms with van der Waals surface area (Å²) < 4.78 is 1.70. The van der Waals surface area contributed by atoms with E-state index in [0.717, 1.165) is 38.4 Å². The smallest absolute Gasteiger partial charge is 0.128 e. The number of aliphatic hydroxyl groups is 1. The fraction of sp³-hybridized carbons (Fsp3) is 0.588. The van der Waals surface area contributed by atoms with Gasteiger partial charge in [0, 0.05) is 45.1 Å². The zero-order chi connectivity index (χ0) is 16.4. The van der Waals surface area contributed by atoms with Gasteiger partial charge in [0.15, 0.2) is 0 Å². The second-order valence-electron chi connectivity index (χ2n) is 7.00. The van der Waals surface area contributed by atoms with Gasteiger partial charge in [0.2, 0.25) is 0 Å². The minimum atomic E-state index is -0.726. The molecule has 0 radical (unpaired) electrons. The summed E-state index contributed by atoms with van der Waals surface area (Å²) in [4.78, 5) is 9.24. The van der Waals surface area contributed by atoms with Crippen LogP contribution in [0.15, 0.2) is 30.7 Å². The summed E-state index contributed by atoms with van der Waals surface area (Å²) in [6.07, 6.45) is 8.70. The number of pyridine rings is 1. The molecule has 2 aliphatic heterocycles. The van der Waals surface area contributed by atoms with Crippen molar-refractivity contribution in [3.05, 3.63) is 36.3 Å². The van der Waals surface area contributed by atoms with Gasteiger partial charge in [-0.15, -0.1) is 5.10 Å². The van der Waals surface area contributed by atoms with Crippen LogP contribution in [0.4, 0.5) is 5.82 Å². The Bertz CT molecular complexity index is 652. The van der Waals surface area contributed by atoms with Crippen molar-refractivity contribution in [1.82, 2.24) is 24.9 Å². The average Bonchev–Trinajstić information content (AvgIpc) is 3.31. The molecular formula is C17H24N6O. The van der Waals surface area contributed by atoms with Gasteiger partial charge in [-0.1, -0.05) is 11.3 Å². The third kappa shape index (κ3) is 3.42. The molecule has 1 unspecified atom stereocenters. The Hall–Kier alpha value is -1.99. The highest BCUT2D eigenvalue weighted by Crippen LogP contribution is 2.25. The van der Waals surface area contributed by atoms with E-state index in [1.807, 2.05) is 6.20 Å². The maximum atomic E-state index is 10.7. The van der Waals surface area contributed by atoms with Gasteiger partial charge in [-0.25, -0.2) is 9.67 Å². The van der Waals surface area contributed by atoms with Crippen LogP contribution < -0.4 is 4.90 Å². The average molecular weight is 328 g/mol. The normalized spacial score (nSPS) is 24.8. The van der Waals surface area contributed by atoms with E-state index in [2.05, 4.69) is 37.2 Å². The Labute approximate surface area is 141 Å². The highest BCUT2D eigenvalue weighted by Gasteiger charge is 2.36. The summed E-state index contributed by atoms with van der Waals surface area (Å²) in [7, 11) is 0. The molecule has 2 fully saturated rings. The quantitative estimate of drug-likeness (QED) is 0.880. The molecule has 0 aromatic carbocycles. The van der Waals surface area contributed by atoms with E-state index in [1.54, 1.807) is 17.1 Å². The summed E-state index contributed by atoms with van der Waals surface area (Å²) in [5.74, 6) is 1.08. The first kappa shape index (κ1) is 15.5. The van der Waals surface area contributed by atoms with Gasteiger partial charge in [0.1, 0.15) is 5.82 Å². The Morgan fingerprint density at radius 3 is 2.75 bits per heavy atom. The van der Waals surface area contributed by atoms with Crippen molar-refractivity contribution in [1.29, 1.82) is 0 Å². The summed E-state index contributed by atoms with van der Waals surface area (Å²) in [6.45, 7) is 5.10. The lowest BCUT2D eigenvalue weighted by atomic mass is 10.0. The first-order chi connectivity index (χ1) is 11.7. The van der Waals surface area contributed by atoms with Crippen molar-refractivity contribution in [2.24, 2.45) is 0 Å². The van der Waals surface area contributed by atoms with E-state index < -0.39 is 5.60 Å². The molecule has 1 N–H and O–H groups in total. The Morgan fingerprint density at radius 2 is 2.04 bits per heavy atom. The van der Waals surface area contributed by atoms with Crippen molar-refractivity contribution in [3.8, 4) is 0 Å². The second-order valence-corrected chi connectivity index (χ2v) is 7.00. The standard InChI is InChI=1S/C17H24N6O/c24-17(14-23-10-6-19-20-23)5-9-21(13-17)12-15-3-4-16(18-11-15)22-7-1-2-8-22/h3-4,6,10-11,24H,1-2,5,7-9,12-14H2. The molecule has 128 valence electrons. The summed E-state index contributed by atoms with van der Waals surface area (Å²) in [6, 6.07) is 4.29. The minimum absolute atomic E-state index is 0.496. The molecule has 4 heterocycles. The van der Waals surface area contributed by atoms with Crippen LogP contribution in [0.1, 0.15) is 24.8 Å². The van der Waals surface area contributed by atoms with Gasteiger partial charge in [-0.3, -0.25) is 4.90 Å². The topological polar surface area (TPSA) is 70.3 Å². The van der Waals surface area contributed by atoms with E-state index in [0.29, 0.717) is 13.1 Å². The maximum Gasteiger partial charge on any atom is 0.128 e. The van der Waals surface area contributed by atoms with Gasteiger partial charge < -0.3 is 10.0 Å². The predicted octanol–water partition coefficient (Wildman–Crippen LogP) is 0.910. The molecule has 2 aromatic heterocycles. The molecule has 0 bridgehead atoms. The molecule has 4 rings (SSSR count). The van der Waals surface area contributed by atoms with E-state index in [1.165, 1.54) is 18.4 Å². The van der Waals surface area contributed by atoms with Crippen LogP contribution >= 0.6 is 0 Å². The van der Waals surface area contributed by atoms with Crippen molar-refractivity contribution in [2.75, 3.05) is 31.1 Å². The number of rotatable bonds is 5. The SMILES string of the molecule is OC1(Cn2ccnn2)CCN(Cc2ccc(N3CCCC3)nc2)C1. The molecule has 0 saturated carbocycles. The van der Waals surface area contributed by atoms with Gasteiger partial charge in [-0.05, 0) is 30.9 Å². The molecule has 1 atom stereocenters. The van der Waals surface area contributed by atoms with Crippen molar-refractivity contribution in [2.45, 2.75) is 38.0 Å². The first-order valence-electron chi connectivity index (χ1n) is 8.69. The van der Waals surface area contributed by atoms with Crippen LogP contribution in [0.25, 0.3) is 0 Å². The molecular weight excluding hydrogens is 304 g/mol. The predicted molar refractivity (Wildman–Crippen MR) is 90.5 cm³/mol. The summed E-state index contributed by atoms with van der Waals surface area (Å²) >= 11 is 0. The Morgan fingerprint density at radius 1 is 1.17 bits per heavy atom. The van der Waals surface area contributed by atoms with E-state index in [4.69, 9.17) is 0 Å². The number of hydrogen-bond donors (Lipinski definition) is 1. The van der Waals surface area contributed by atoms with Gasteiger partial charge in [0.25, 0.3) is 0 Å². The molecule has 0 spiro atoms. The third-order valence-electron chi connectivity index (χ3n) is 4.98. The Balaban J connectivity index is 1.34. The third-order valence-corrected chi connectivity index (χ3v) is 4.98. The molecule has 0 amide bonds. The highest BCUT2D eigenvalue weighted by atomic mass is 16.3. The fourth-order valence-corrected chi connectivity index (χ4v) is 3.72. The summed E-state index contributed by atoms with van der Waals surface area (Å²) in [5, 5.41) is 18.5. The van der Waals surface area contributed by atoms with Crippen LogP contribution in [0, 0.1) is 0 Å². The van der Waals surface area contributed by atoms with E-state index >= 15 is 0 Å². The molecule has 0 aliphatic carbocycles. The van der Waals surface area contributed by atoms with Crippen molar-refractivity contribution >= 4 is 5.82 Å². The molecule has 7 nitrogen and oxygen atoms in total. The number of nitrogens with zero attached hydrogens (tertiary/aromatic N) is 6. The molecule has 2 aromatic rings. The zero-order valence-corrected chi connectivity index (χ0v) is 13.9. The van der Waals surface area contributed by atoms with E-state index in [-0.39, 0.29) is 0 Å². The minimum Gasteiger partial charge on any atom is -0.387 e. The number of β-amino-alcohol motifs (C(OH)–C–C–N with tert-alkyl or cyclic N) is 1. The second kappa shape index (κ2) is 6.49. The fourth-order valence-electron chi connectivity index (χ4n) is 3.72. The van der Waals surface area contributed by atoms with Crippen LogP contribution in [0.5, 0.6) is 0 Å². The van der Waals surface area contributed by atoms with Crippen molar-refractivity contribution in [3.63, 3.8) is 0 Å². The summed E-state index contributed by atoms with van der Waals surface area (Å²) in [5.41, 5.74) is 0.472. The lowest BCUT2D eigenvalue weighted by Gasteiger charge is -2.23. The van der Waals surface area contributed by atoms with Gasteiger partial charge in [-0.2, -0.15) is 0 Å². The number of hydrogen-bond acceptors (Lipinski definition) is 6. The first-order valence-corrected chi connectivity index (χ1v) is 8.69. The lowest BCUT2D eigenvalue weighted by Crippen LogP contribution is -2.37. The van der Waals surface area contributed by atoms with Gasteiger partial charge in [0.05, 0.1) is 18.3 Å². The number of likely N-dealkylation sites (tertiary alicyclic amines) is 1. The monoisotopic (exact) mass is 328 g/mol. The van der Waals surface area contributed by atoms with Crippen LogP contribution in [-0.2, 0) is 13.1 Å². The molecule has 2 saturated heterocycles. The number of anilines is 1. The lowest BCUT2D eigenvalue weighted by molar-refractivity contribution is 0.0274. The zero-order valence-electron chi connectivity index (χ0n) is 13.9. The number of aromatic nitrogens is 4. The van der Waals surface area contributed by atoms with Crippen LogP contribution in [0.2, 0.25) is 0 Å². The molecule has 7 heteroatoms. The maximum absolute atomic E-state index is 10.7. The van der Waals surface area contributed by atoms with Gasteiger partial charge >= 0.3 is 0 Å².